The lowest BCUT2D eigenvalue weighted by molar-refractivity contribution is -0.198. The molecular formula is C7H9F3N2OS. The van der Waals surface area contributed by atoms with Gasteiger partial charge in [0.25, 0.3) is 0 Å². The zero-order chi connectivity index (χ0) is 10.8. The number of hydrogen-bond donors (Lipinski definition) is 2. The van der Waals surface area contributed by atoms with E-state index < -0.39 is 18.8 Å². The van der Waals surface area contributed by atoms with E-state index in [4.69, 9.17) is 5.11 Å². The summed E-state index contributed by atoms with van der Waals surface area (Å²) in [7, 11) is 0. The number of aliphatic hydroxyl groups is 1. The molecule has 7 heteroatoms. The molecule has 0 aliphatic rings. The topological polar surface area (TPSA) is 45.1 Å². The van der Waals surface area contributed by atoms with Crippen LogP contribution in [-0.4, -0.2) is 28.9 Å². The number of nitrogens with one attached hydrogen (secondary N) is 1. The largest absolute Gasteiger partial charge is 0.416 e. The molecule has 0 amide bonds. The Bertz CT molecular complexity index is 299. The maximum absolute atomic E-state index is 11.9. The third-order valence-corrected chi connectivity index (χ3v) is 2.36. The Morgan fingerprint density at radius 1 is 1.64 bits per heavy atom. The Kier molecular flexibility index (Phi) is 3.33. The first-order valence-corrected chi connectivity index (χ1v) is 4.68. The number of aromatic nitrogens is 1. The maximum Gasteiger partial charge on any atom is 0.416 e. The number of halogens is 3. The first kappa shape index (κ1) is 11.3. The molecular weight excluding hydrogens is 217 g/mol. The predicted octanol–water partition coefficient (Wildman–Crippen LogP) is 1.79. The van der Waals surface area contributed by atoms with Gasteiger partial charge in [-0.2, -0.15) is 13.2 Å². The fraction of sp³-hybridized carbons (Fsp3) is 0.571. The van der Waals surface area contributed by atoms with E-state index in [1.54, 1.807) is 12.3 Å². The van der Waals surface area contributed by atoms with Crippen molar-refractivity contribution in [2.24, 2.45) is 0 Å². The highest BCUT2D eigenvalue weighted by Gasteiger charge is 2.37. The van der Waals surface area contributed by atoms with Crippen molar-refractivity contribution in [1.82, 2.24) is 4.98 Å². The lowest BCUT2D eigenvalue weighted by atomic mass is 10.3. The van der Waals surface area contributed by atoms with Crippen LogP contribution < -0.4 is 5.32 Å². The Balaban J connectivity index is 2.41. The second-order valence-corrected chi connectivity index (χ2v) is 3.59. The number of alkyl halides is 3. The molecule has 14 heavy (non-hydrogen) atoms. The molecule has 2 N–H and O–H groups in total. The van der Waals surface area contributed by atoms with Gasteiger partial charge in [0.2, 0.25) is 0 Å². The second-order valence-electron chi connectivity index (χ2n) is 2.73. The first-order valence-electron chi connectivity index (χ1n) is 3.80. The Morgan fingerprint density at radius 3 is 2.71 bits per heavy atom. The van der Waals surface area contributed by atoms with Gasteiger partial charge in [0.1, 0.15) is 0 Å². The third kappa shape index (κ3) is 3.15. The number of aryl methyl sites for hydroxylation is 1. The van der Waals surface area contributed by atoms with Gasteiger partial charge in [0.05, 0.1) is 12.2 Å². The highest BCUT2D eigenvalue weighted by Crippen LogP contribution is 2.21. The van der Waals surface area contributed by atoms with E-state index in [-0.39, 0.29) is 0 Å². The van der Waals surface area contributed by atoms with Crippen molar-refractivity contribution in [2.45, 2.75) is 19.2 Å². The molecule has 0 saturated carbocycles. The van der Waals surface area contributed by atoms with Gasteiger partial charge in [-0.15, -0.1) is 11.3 Å². The zero-order valence-electron chi connectivity index (χ0n) is 7.30. The van der Waals surface area contributed by atoms with E-state index in [1.807, 2.05) is 0 Å². The van der Waals surface area contributed by atoms with Gasteiger partial charge in [-0.3, -0.25) is 0 Å². The maximum atomic E-state index is 11.9. The summed E-state index contributed by atoms with van der Waals surface area (Å²) in [5.74, 6) is 0. The molecule has 80 valence electrons. The lowest BCUT2D eigenvalue weighted by Gasteiger charge is -2.14. The van der Waals surface area contributed by atoms with E-state index in [0.29, 0.717) is 5.13 Å². The molecule has 1 unspecified atom stereocenters. The van der Waals surface area contributed by atoms with Crippen LogP contribution in [0.15, 0.2) is 5.38 Å². The van der Waals surface area contributed by atoms with E-state index in [9.17, 15) is 13.2 Å². The molecule has 0 aliphatic carbocycles. The van der Waals surface area contributed by atoms with Gasteiger partial charge in [-0.05, 0) is 6.92 Å². The molecule has 1 aromatic rings. The van der Waals surface area contributed by atoms with Crippen molar-refractivity contribution in [3.63, 3.8) is 0 Å². The van der Waals surface area contributed by atoms with Crippen LogP contribution >= 0.6 is 11.3 Å². The van der Waals surface area contributed by atoms with E-state index in [2.05, 4.69) is 10.3 Å². The summed E-state index contributed by atoms with van der Waals surface area (Å²) in [4.78, 5) is 3.89. The molecule has 0 radical (unpaired) electrons. The zero-order valence-corrected chi connectivity index (χ0v) is 8.11. The van der Waals surface area contributed by atoms with E-state index in [0.717, 1.165) is 5.69 Å². The average molecular weight is 226 g/mol. The first-order chi connectivity index (χ1) is 6.39. The molecule has 0 saturated heterocycles. The van der Waals surface area contributed by atoms with Crippen LogP contribution in [-0.2, 0) is 0 Å². The summed E-state index contributed by atoms with van der Waals surface area (Å²) in [6.07, 6.45) is -6.94. The third-order valence-electron chi connectivity index (χ3n) is 1.44. The van der Waals surface area contributed by atoms with Gasteiger partial charge in [0, 0.05) is 5.38 Å². The van der Waals surface area contributed by atoms with Crippen molar-refractivity contribution in [3.05, 3.63) is 11.1 Å². The van der Waals surface area contributed by atoms with Crippen molar-refractivity contribution >= 4 is 16.5 Å². The van der Waals surface area contributed by atoms with Crippen LogP contribution in [0, 0.1) is 6.92 Å². The van der Waals surface area contributed by atoms with Crippen LogP contribution in [0.2, 0.25) is 0 Å². The minimum atomic E-state index is -4.58. The molecule has 0 aliphatic heterocycles. The molecule has 0 bridgehead atoms. The molecule has 0 fully saturated rings. The van der Waals surface area contributed by atoms with Crippen LogP contribution in [0.1, 0.15) is 5.69 Å². The Hall–Kier alpha value is -0.820. The highest BCUT2D eigenvalue weighted by atomic mass is 32.1. The van der Waals surface area contributed by atoms with Crippen molar-refractivity contribution in [1.29, 1.82) is 0 Å². The normalized spacial score (nSPS) is 14.1. The smallest absolute Gasteiger partial charge is 0.382 e. The summed E-state index contributed by atoms with van der Waals surface area (Å²) in [5.41, 5.74) is 0.735. The quantitative estimate of drug-likeness (QED) is 0.825. The molecule has 1 heterocycles. The second kappa shape index (κ2) is 4.14. The average Bonchev–Trinajstić information content (AvgIpc) is 2.45. The van der Waals surface area contributed by atoms with Gasteiger partial charge in [-0.25, -0.2) is 4.98 Å². The Labute approximate surface area is 82.6 Å². The molecule has 0 spiro atoms. The van der Waals surface area contributed by atoms with Gasteiger partial charge >= 0.3 is 6.18 Å². The van der Waals surface area contributed by atoms with Gasteiger partial charge < -0.3 is 10.4 Å². The molecule has 1 aromatic heterocycles. The van der Waals surface area contributed by atoms with Gasteiger partial charge in [0.15, 0.2) is 11.2 Å². The van der Waals surface area contributed by atoms with Crippen LogP contribution in [0.25, 0.3) is 0 Å². The SMILES string of the molecule is Cc1csc(NCC(O)C(F)(F)F)n1. The number of thiazole rings is 1. The fourth-order valence-electron chi connectivity index (χ4n) is 0.735. The molecule has 1 rings (SSSR count). The van der Waals surface area contributed by atoms with Crippen molar-refractivity contribution in [2.75, 3.05) is 11.9 Å². The van der Waals surface area contributed by atoms with Crippen LogP contribution in [0.3, 0.4) is 0 Å². The van der Waals surface area contributed by atoms with Crippen LogP contribution in [0.5, 0.6) is 0 Å². The standard InChI is InChI=1S/C7H9F3N2OS/c1-4-3-14-6(12-4)11-2-5(13)7(8,9)10/h3,5,13H,2H2,1H3,(H,11,12). The summed E-state index contributed by atoms with van der Waals surface area (Å²) in [6.45, 7) is 1.17. The van der Waals surface area contributed by atoms with Crippen molar-refractivity contribution < 1.29 is 18.3 Å². The minimum Gasteiger partial charge on any atom is -0.382 e. The fourth-order valence-corrected chi connectivity index (χ4v) is 1.43. The number of aliphatic hydroxyl groups excluding tert-OH is 1. The number of rotatable bonds is 3. The lowest BCUT2D eigenvalue weighted by Crippen LogP contribution is -2.34. The predicted molar refractivity (Wildman–Crippen MR) is 47.4 cm³/mol. The number of hydrogen-bond acceptors (Lipinski definition) is 4. The molecule has 0 aromatic carbocycles. The van der Waals surface area contributed by atoms with Crippen LogP contribution in [0.4, 0.5) is 18.3 Å². The van der Waals surface area contributed by atoms with E-state index in [1.165, 1.54) is 11.3 Å². The molecule has 3 nitrogen and oxygen atoms in total. The number of nitrogens with zero attached hydrogens (tertiary/aromatic N) is 1. The van der Waals surface area contributed by atoms with E-state index >= 15 is 0 Å². The monoisotopic (exact) mass is 226 g/mol. The summed E-state index contributed by atoms with van der Waals surface area (Å²) in [6, 6.07) is 0. The number of anilines is 1. The van der Waals surface area contributed by atoms with Crippen molar-refractivity contribution in [3.8, 4) is 0 Å². The minimum absolute atomic E-state index is 0.380. The molecule has 1 atom stereocenters. The highest BCUT2D eigenvalue weighted by molar-refractivity contribution is 7.13. The Morgan fingerprint density at radius 2 is 2.29 bits per heavy atom. The summed E-state index contributed by atoms with van der Waals surface area (Å²) < 4.78 is 35.6. The van der Waals surface area contributed by atoms with Gasteiger partial charge in [-0.1, -0.05) is 0 Å². The summed E-state index contributed by atoms with van der Waals surface area (Å²) >= 11 is 1.20. The summed E-state index contributed by atoms with van der Waals surface area (Å²) in [5, 5.41) is 13.1.